The van der Waals surface area contributed by atoms with Gasteiger partial charge < -0.3 is 10.4 Å². The minimum Gasteiger partial charge on any atom is -0.481 e. The highest BCUT2D eigenvalue weighted by Crippen LogP contribution is 2.53. The van der Waals surface area contributed by atoms with Gasteiger partial charge in [0.15, 0.2) is 0 Å². The summed E-state index contributed by atoms with van der Waals surface area (Å²) in [6, 6.07) is 0.244. The van der Waals surface area contributed by atoms with Gasteiger partial charge in [-0.2, -0.15) is 11.8 Å². The van der Waals surface area contributed by atoms with Crippen molar-refractivity contribution in [1.29, 1.82) is 0 Å². The number of hydrogen-bond acceptors (Lipinski definition) is 3. The zero-order valence-electron chi connectivity index (χ0n) is 9.36. The second-order valence-electron chi connectivity index (χ2n) is 4.87. The summed E-state index contributed by atoms with van der Waals surface area (Å²) in [5.74, 6) is 0.203. The van der Waals surface area contributed by atoms with Gasteiger partial charge in [0.2, 0.25) is 5.91 Å². The second kappa shape index (κ2) is 4.28. The van der Waals surface area contributed by atoms with Crippen LogP contribution in [-0.4, -0.2) is 33.5 Å². The quantitative estimate of drug-likeness (QED) is 0.766. The van der Waals surface area contributed by atoms with Gasteiger partial charge in [-0.1, -0.05) is 0 Å². The molecule has 2 aliphatic rings. The maximum atomic E-state index is 11.0. The largest absolute Gasteiger partial charge is 0.481 e. The lowest BCUT2D eigenvalue weighted by molar-refractivity contribution is -0.145. The van der Waals surface area contributed by atoms with Crippen LogP contribution in [0.2, 0.25) is 0 Å². The number of thioether (sulfide) groups is 1. The first-order chi connectivity index (χ1) is 7.51. The predicted molar refractivity (Wildman–Crippen MR) is 62.4 cm³/mol. The number of carboxylic acids is 1. The number of hydrogen-bond donors (Lipinski definition) is 2. The van der Waals surface area contributed by atoms with E-state index < -0.39 is 5.97 Å². The molecule has 1 heterocycles. The first-order valence-electron chi connectivity index (χ1n) is 5.65. The van der Waals surface area contributed by atoms with E-state index in [-0.39, 0.29) is 22.6 Å². The molecule has 0 radical (unpaired) electrons. The number of rotatable bonds is 2. The zero-order valence-corrected chi connectivity index (χ0v) is 10.2. The lowest BCUT2D eigenvalue weighted by atomic mass is 9.70. The van der Waals surface area contributed by atoms with Crippen LogP contribution in [0, 0.1) is 5.92 Å². The van der Waals surface area contributed by atoms with Gasteiger partial charge in [-0.15, -0.1) is 0 Å². The molecular formula is C11H17NO3S. The second-order valence-corrected chi connectivity index (χ2v) is 6.43. The van der Waals surface area contributed by atoms with Crippen LogP contribution in [-0.2, 0) is 9.59 Å². The maximum Gasteiger partial charge on any atom is 0.306 e. The van der Waals surface area contributed by atoms with E-state index in [1.165, 1.54) is 6.92 Å². The number of carboxylic acid groups (broad SMARTS) is 1. The third kappa shape index (κ3) is 2.34. The van der Waals surface area contributed by atoms with Crippen molar-refractivity contribution in [2.45, 2.75) is 43.4 Å². The highest BCUT2D eigenvalue weighted by Gasteiger charge is 2.50. The van der Waals surface area contributed by atoms with E-state index >= 15 is 0 Å². The summed E-state index contributed by atoms with van der Waals surface area (Å²) in [5.41, 5.74) is 0. The molecule has 0 aromatic heterocycles. The van der Waals surface area contributed by atoms with Crippen LogP contribution in [0.1, 0.15) is 32.6 Å². The fourth-order valence-corrected chi connectivity index (χ4v) is 4.53. The summed E-state index contributed by atoms with van der Waals surface area (Å²) in [6.45, 7) is 1.54. The van der Waals surface area contributed by atoms with Gasteiger partial charge in [0.25, 0.3) is 0 Å². The van der Waals surface area contributed by atoms with E-state index in [0.29, 0.717) is 0 Å². The lowest BCUT2D eigenvalue weighted by Gasteiger charge is -2.50. The molecule has 0 aromatic carbocycles. The van der Waals surface area contributed by atoms with Gasteiger partial charge >= 0.3 is 5.97 Å². The van der Waals surface area contributed by atoms with Crippen molar-refractivity contribution in [2.24, 2.45) is 5.92 Å². The summed E-state index contributed by atoms with van der Waals surface area (Å²) in [7, 11) is 0. The molecule has 1 atom stereocenters. The maximum absolute atomic E-state index is 11.0. The van der Waals surface area contributed by atoms with Crippen LogP contribution < -0.4 is 5.32 Å². The van der Waals surface area contributed by atoms with Crippen molar-refractivity contribution < 1.29 is 14.7 Å². The molecule has 1 unspecified atom stereocenters. The first-order valence-corrected chi connectivity index (χ1v) is 6.63. The molecule has 1 spiro atoms. The smallest absolute Gasteiger partial charge is 0.306 e. The van der Waals surface area contributed by atoms with Crippen LogP contribution in [0.3, 0.4) is 0 Å². The summed E-state index contributed by atoms with van der Waals surface area (Å²) < 4.78 is 0.133. The Hall–Kier alpha value is -0.710. The third-order valence-corrected chi connectivity index (χ3v) is 5.04. The molecular weight excluding hydrogens is 226 g/mol. The molecule has 0 bridgehead atoms. The summed E-state index contributed by atoms with van der Waals surface area (Å²) in [5, 5.41) is 11.8. The Bertz CT molecular complexity index is 312. The number of aliphatic carboxylic acids is 1. The summed E-state index contributed by atoms with van der Waals surface area (Å²) >= 11 is 1.89. The summed E-state index contributed by atoms with van der Waals surface area (Å²) in [6.07, 6.45) is 3.47. The Morgan fingerprint density at radius 2 is 2.06 bits per heavy atom. The lowest BCUT2D eigenvalue weighted by Crippen LogP contribution is -2.52. The number of amides is 1. The van der Waals surface area contributed by atoms with E-state index in [4.69, 9.17) is 5.11 Å². The molecule has 1 saturated carbocycles. The van der Waals surface area contributed by atoms with Gasteiger partial charge in [-0.3, -0.25) is 9.59 Å². The van der Waals surface area contributed by atoms with Gasteiger partial charge in [-0.05, 0) is 31.4 Å². The Labute approximate surface area is 99.2 Å². The molecule has 16 heavy (non-hydrogen) atoms. The Morgan fingerprint density at radius 3 is 2.62 bits per heavy atom. The normalized spacial score (nSPS) is 37.8. The average molecular weight is 243 g/mol. The zero-order chi connectivity index (χ0) is 11.8. The fourth-order valence-electron chi connectivity index (χ4n) is 2.74. The molecule has 0 aromatic rings. The molecule has 4 nitrogen and oxygen atoms in total. The van der Waals surface area contributed by atoms with Crippen LogP contribution in [0.5, 0.6) is 0 Å². The number of carbonyl (C=O) groups is 2. The first kappa shape index (κ1) is 11.8. The monoisotopic (exact) mass is 243 g/mol. The minimum atomic E-state index is -0.673. The van der Waals surface area contributed by atoms with Crippen molar-refractivity contribution >= 4 is 23.6 Å². The van der Waals surface area contributed by atoms with E-state index in [9.17, 15) is 9.59 Å². The number of nitrogens with one attached hydrogen (secondary N) is 1. The van der Waals surface area contributed by atoms with E-state index in [1.807, 2.05) is 11.8 Å². The van der Waals surface area contributed by atoms with Crippen LogP contribution in [0.4, 0.5) is 0 Å². The fraction of sp³-hybridized carbons (Fsp3) is 0.818. The predicted octanol–water partition coefficient (Wildman–Crippen LogP) is 1.25. The van der Waals surface area contributed by atoms with E-state index in [0.717, 1.165) is 31.4 Å². The molecule has 2 rings (SSSR count). The van der Waals surface area contributed by atoms with Crippen molar-refractivity contribution in [3.05, 3.63) is 0 Å². The van der Waals surface area contributed by atoms with Crippen molar-refractivity contribution in [1.82, 2.24) is 5.32 Å². The molecule has 2 fully saturated rings. The highest BCUT2D eigenvalue weighted by molar-refractivity contribution is 8.00. The highest BCUT2D eigenvalue weighted by atomic mass is 32.2. The molecule has 1 amide bonds. The molecule has 1 aliphatic carbocycles. The van der Waals surface area contributed by atoms with Crippen LogP contribution in [0.25, 0.3) is 0 Å². The van der Waals surface area contributed by atoms with Crippen LogP contribution >= 0.6 is 11.8 Å². The van der Waals surface area contributed by atoms with Gasteiger partial charge in [0.1, 0.15) is 0 Å². The van der Waals surface area contributed by atoms with Gasteiger partial charge in [0, 0.05) is 17.7 Å². The molecule has 1 saturated heterocycles. The van der Waals surface area contributed by atoms with Crippen molar-refractivity contribution in [3.8, 4) is 0 Å². The standard InChI is InChI=1S/C11H17NO3S/c1-7(13)12-9-2-3-16-11(6-9)4-8(5-11)10(14)15/h8-9H,2-6H2,1H3,(H,12,13)(H,14,15). The molecule has 90 valence electrons. The summed E-state index contributed by atoms with van der Waals surface area (Å²) in [4.78, 5) is 21.8. The van der Waals surface area contributed by atoms with Gasteiger partial charge in [-0.25, -0.2) is 0 Å². The van der Waals surface area contributed by atoms with E-state index in [2.05, 4.69) is 5.32 Å². The SMILES string of the molecule is CC(=O)NC1CCSC2(C1)CC(C(=O)O)C2. The van der Waals surface area contributed by atoms with Gasteiger partial charge in [0.05, 0.1) is 5.92 Å². The van der Waals surface area contributed by atoms with Crippen molar-refractivity contribution in [2.75, 3.05) is 5.75 Å². The average Bonchev–Trinajstić information content (AvgIpc) is 2.13. The molecule has 1 aliphatic heterocycles. The molecule has 5 heteroatoms. The minimum absolute atomic E-state index is 0.0150. The third-order valence-electron chi connectivity index (χ3n) is 3.49. The van der Waals surface area contributed by atoms with E-state index in [1.54, 1.807) is 0 Å². The van der Waals surface area contributed by atoms with Crippen molar-refractivity contribution in [3.63, 3.8) is 0 Å². The molecule has 2 N–H and O–H groups in total. The number of carbonyl (C=O) groups excluding carboxylic acids is 1. The van der Waals surface area contributed by atoms with Crippen LogP contribution in [0.15, 0.2) is 0 Å². The Kier molecular flexibility index (Phi) is 3.15. The topological polar surface area (TPSA) is 66.4 Å². The Morgan fingerprint density at radius 1 is 1.38 bits per heavy atom. The Balaban J connectivity index is 1.88.